The molecule has 1 heterocycles. The van der Waals surface area contributed by atoms with Gasteiger partial charge in [-0.15, -0.1) is 0 Å². The van der Waals surface area contributed by atoms with Crippen LogP contribution in [0.2, 0.25) is 0 Å². The molecule has 20 heavy (non-hydrogen) atoms. The van der Waals surface area contributed by atoms with E-state index in [4.69, 9.17) is 15.2 Å². The van der Waals surface area contributed by atoms with Crippen molar-refractivity contribution in [3.63, 3.8) is 0 Å². The molecule has 1 aliphatic heterocycles. The molecular formula is C13H20N2O4S. The molecular weight excluding hydrogens is 280 g/mol. The Labute approximate surface area is 119 Å². The van der Waals surface area contributed by atoms with E-state index < -0.39 is 10.0 Å². The van der Waals surface area contributed by atoms with Gasteiger partial charge in [0.2, 0.25) is 10.0 Å². The molecule has 0 aromatic heterocycles. The Morgan fingerprint density at radius 2 is 2.30 bits per heavy atom. The highest BCUT2D eigenvalue weighted by atomic mass is 32.2. The van der Waals surface area contributed by atoms with Crippen molar-refractivity contribution in [1.82, 2.24) is 4.72 Å². The fourth-order valence-electron chi connectivity index (χ4n) is 2.02. The molecule has 1 unspecified atom stereocenters. The van der Waals surface area contributed by atoms with Gasteiger partial charge in [0.05, 0.1) is 12.4 Å². The van der Waals surface area contributed by atoms with E-state index in [1.165, 1.54) is 0 Å². The molecule has 1 fully saturated rings. The van der Waals surface area contributed by atoms with Crippen molar-refractivity contribution >= 4 is 15.7 Å². The fourth-order valence-corrected chi connectivity index (χ4v) is 3.13. The first-order valence-electron chi connectivity index (χ1n) is 6.61. The van der Waals surface area contributed by atoms with Gasteiger partial charge >= 0.3 is 0 Å². The van der Waals surface area contributed by atoms with E-state index in [-0.39, 0.29) is 18.4 Å². The van der Waals surface area contributed by atoms with Crippen molar-refractivity contribution < 1.29 is 17.9 Å². The Bertz CT molecular complexity index is 527. The molecule has 0 spiro atoms. The molecule has 112 valence electrons. The molecule has 3 N–H and O–H groups in total. The summed E-state index contributed by atoms with van der Waals surface area (Å²) < 4.78 is 37.0. The second-order valence-corrected chi connectivity index (χ2v) is 6.65. The van der Waals surface area contributed by atoms with Crippen molar-refractivity contribution in [3.8, 4) is 5.75 Å². The zero-order chi connectivity index (χ0) is 14.4. The number of anilines is 1. The van der Waals surface area contributed by atoms with Gasteiger partial charge in [-0.3, -0.25) is 0 Å². The number of rotatable bonds is 6. The van der Waals surface area contributed by atoms with E-state index in [1.54, 1.807) is 24.3 Å². The van der Waals surface area contributed by atoms with Crippen LogP contribution in [0.3, 0.4) is 0 Å². The SMILES string of the molecule is Nc1cccc(OCCS(=O)(=O)NC2CCCOC2)c1. The summed E-state index contributed by atoms with van der Waals surface area (Å²) in [7, 11) is -3.35. The maximum atomic E-state index is 11.9. The second kappa shape index (κ2) is 6.92. The number of nitrogens with two attached hydrogens (primary N) is 1. The molecule has 1 atom stereocenters. The lowest BCUT2D eigenvalue weighted by molar-refractivity contribution is 0.0774. The third-order valence-electron chi connectivity index (χ3n) is 2.99. The average Bonchev–Trinajstić information content (AvgIpc) is 2.39. The van der Waals surface area contributed by atoms with Crippen molar-refractivity contribution in [2.24, 2.45) is 0 Å². The van der Waals surface area contributed by atoms with Gasteiger partial charge in [0, 0.05) is 24.4 Å². The van der Waals surface area contributed by atoms with Gasteiger partial charge < -0.3 is 15.2 Å². The first-order valence-corrected chi connectivity index (χ1v) is 8.26. The highest BCUT2D eigenvalue weighted by molar-refractivity contribution is 7.89. The molecule has 1 aromatic rings. The molecule has 0 amide bonds. The quantitative estimate of drug-likeness (QED) is 0.756. The van der Waals surface area contributed by atoms with Gasteiger partial charge in [-0.25, -0.2) is 13.1 Å². The van der Waals surface area contributed by atoms with Gasteiger partial charge in [-0.05, 0) is 25.0 Å². The van der Waals surface area contributed by atoms with E-state index in [0.29, 0.717) is 24.7 Å². The minimum absolute atomic E-state index is 0.0850. The van der Waals surface area contributed by atoms with E-state index >= 15 is 0 Å². The maximum absolute atomic E-state index is 11.9. The lowest BCUT2D eigenvalue weighted by Crippen LogP contribution is -2.42. The van der Waals surface area contributed by atoms with Crippen LogP contribution in [0.5, 0.6) is 5.75 Å². The number of benzene rings is 1. The minimum atomic E-state index is -3.35. The first-order chi connectivity index (χ1) is 9.55. The predicted molar refractivity (Wildman–Crippen MR) is 77.1 cm³/mol. The largest absolute Gasteiger partial charge is 0.492 e. The molecule has 7 heteroatoms. The lowest BCUT2D eigenvalue weighted by Gasteiger charge is -2.22. The van der Waals surface area contributed by atoms with Crippen LogP contribution >= 0.6 is 0 Å². The summed E-state index contributed by atoms with van der Waals surface area (Å²) in [6.07, 6.45) is 1.70. The van der Waals surface area contributed by atoms with E-state index in [1.807, 2.05) is 0 Å². The van der Waals surface area contributed by atoms with E-state index in [2.05, 4.69) is 4.72 Å². The molecule has 2 rings (SSSR count). The number of hydrogen-bond donors (Lipinski definition) is 2. The molecule has 6 nitrogen and oxygen atoms in total. The second-order valence-electron chi connectivity index (χ2n) is 4.77. The number of nitrogen functional groups attached to an aromatic ring is 1. The Morgan fingerprint density at radius 1 is 1.45 bits per heavy atom. The summed E-state index contributed by atoms with van der Waals surface area (Å²) in [6, 6.07) is 6.78. The molecule has 0 saturated carbocycles. The smallest absolute Gasteiger partial charge is 0.215 e. The summed E-state index contributed by atoms with van der Waals surface area (Å²) in [5.74, 6) is 0.486. The molecule has 0 aliphatic carbocycles. The van der Waals surface area contributed by atoms with E-state index in [9.17, 15) is 8.42 Å². The van der Waals surface area contributed by atoms with Crippen molar-refractivity contribution in [3.05, 3.63) is 24.3 Å². The number of hydrogen-bond acceptors (Lipinski definition) is 5. The topological polar surface area (TPSA) is 90.7 Å². The summed E-state index contributed by atoms with van der Waals surface area (Å²) in [4.78, 5) is 0. The van der Waals surface area contributed by atoms with Crippen LogP contribution in [0, 0.1) is 0 Å². The maximum Gasteiger partial charge on any atom is 0.215 e. The number of sulfonamides is 1. The van der Waals surface area contributed by atoms with Gasteiger partial charge in [-0.1, -0.05) is 6.07 Å². The van der Waals surface area contributed by atoms with Gasteiger partial charge in [-0.2, -0.15) is 0 Å². The third kappa shape index (κ3) is 4.99. The Hall–Kier alpha value is -1.31. The highest BCUT2D eigenvalue weighted by Crippen LogP contribution is 2.14. The van der Waals surface area contributed by atoms with Crippen LogP contribution in [0.1, 0.15) is 12.8 Å². The molecule has 1 aliphatic rings. The zero-order valence-electron chi connectivity index (χ0n) is 11.2. The third-order valence-corrected chi connectivity index (χ3v) is 4.38. The van der Waals surface area contributed by atoms with Crippen LogP contribution in [0.4, 0.5) is 5.69 Å². The van der Waals surface area contributed by atoms with Crippen LogP contribution in [0.15, 0.2) is 24.3 Å². The van der Waals surface area contributed by atoms with Gasteiger partial charge in [0.15, 0.2) is 0 Å². The average molecular weight is 300 g/mol. The summed E-state index contributed by atoms with van der Waals surface area (Å²) in [5.41, 5.74) is 6.20. The molecule has 1 aromatic carbocycles. The lowest BCUT2D eigenvalue weighted by atomic mass is 10.1. The highest BCUT2D eigenvalue weighted by Gasteiger charge is 2.20. The standard InChI is InChI=1S/C13H20N2O4S/c14-11-3-1-5-13(9-11)19-7-8-20(16,17)15-12-4-2-6-18-10-12/h1,3,5,9,12,15H,2,4,6-8,10,14H2. The fraction of sp³-hybridized carbons (Fsp3) is 0.538. The predicted octanol–water partition coefficient (Wildman–Crippen LogP) is 0.746. The number of nitrogens with one attached hydrogen (secondary N) is 1. The van der Waals surface area contributed by atoms with Crippen LogP contribution in [-0.2, 0) is 14.8 Å². The van der Waals surface area contributed by atoms with Crippen LogP contribution in [0.25, 0.3) is 0 Å². The summed E-state index contributed by atoms with van der Waals surface area (Å²) >= 11 is 0. The zero-order valence-corrected chi connectivity index (χ0v) is 12.1. The van der Waals surface area contributed by atoms with Crippen molar-refractivity contribution in [1.29, 1.82) is 0 Å². The molecule has 1 saturated heterocycles. The number of ether oxygens (including phenoxy) is 2. The monoisotopic (exact) mass is 300 g/mol. The summed E-state index contributed by atoms with van der Waals surface area (Å²) in [6.45, 7) is 1.23. The van der Waals surface area contributed by atoms with Crippen LogP contribution in [-0.4, -0.2) is 40.0 Å². The Morgan fingerprint density at radius 3 is 3.00 bits per heavy atom. The van der Waals surface area contributed by atoms with Gasteiger partial charge in [0.25, 0.3) is 0 Å². The Balaban J connectivity index is 1.77. The van der Waals surface area contributed by atoms with Crippen LogP contribution < -0.4 is 15.2 Å². The van der Waals surface area contributed by atoms with E-state index in [0.717, 1.165) is 12.8 Å². The first kappa shape index (κ1) is 15.1. The molecule has 0 bridgehead atoms. The minimum Gasteiger partial charge on any atom is -0.492 e. The normalized spacial score (nSPS) is 19.7. The van der Waals surface area contributed by atoms with Gasteiger partial charge in [0.1, 0.15) is 12.4 Å². The summed E-state index contributed by atoms with van der Waals surface area (Å²) in [5, 5.41) is 0. The van der Waals surface area contributed by atoms with Crippen molar-refractivity contribution in [2.45, 2.75) is 18.9 Å². The molecule has 0 radical (unpaired) electrons. The van der Waals surface area contributed by atoms with Crippen molar-refractivity contribution in [2.75, 3.05) is 31.3 Å². The Kier molecular flexibility index (Phi) is 5.22.